The molecule has 5 heteroatoms. The summed E-state index contributed by atoms with van der Waals surface area (Å²) < 4.78 is 0. The standard InChI is InChI=1S/C15H17N3O2/c1-10-7-8-11(9-13(10)18(2)3)16-15(20)12-5-4-6-14(19)17-12/h4-9H,1-3H3,(H,16,20)(H,17,19). The molecular weight excluding hydrogens is 254 g/mol. The van der Waals surface area contributed by atoms with Crippen LogP contribution in [0.4, 0.5) is 11.4 Å². The van der Waals surface area contributed by atoms with E-state index < -0.39 is 0 Å². The third-order valence-corrected chi connectivity index (χ3v) is 2.96. The smallest absolute Gasteiger partial charge is 0.272 e. The number of amides is 1. The molecule has 1 amide bonds. The first kappa shape index (κ1) is 13.9. The Bertz CT molecular complexity index is 690. The van der Waals surface area contributed by atoms with Crippen LogP contribution >= 0.6 is 0 Å². The number of pyridine rings is 1. The maximum Gasteiger partial charge on any atom is 0.272 e. The van der Waals surface area contributed by atoms with E-state index in [1.165, 1.54) is 6.07 Å². The van der Waals surface area contributed by atoms with Gasteiger partial charge in [-0.05, 0) is 30.7 Å². The second kappa shape index (κ2) is 5.61. The maximum atomic E-state index is 12.0. The molecule has 2 N–H and O–H groups in total. The number of hydrogen-bond donors (Lipinski definition) is 2. The van der Waals surface area contributed by atoms with Crippen molar-refractivity contribution in [1.29, 1.82) is 0 Å². The number of carbonyl (C=O) groups is 1. The number of carbonyl (C=O) groups excluding carboxylic acids is 1. The zero-order chi connectivity index (χ0) is 14.7. The van der Waals surface area contributed by atoms with Crippen molar-refractivity contribution in [2.24, 2.45) is 0 Å². The van der Waals surface area contributed by atoms with Gasteiger partial charge in [-0.1, -0.05) is 12.1 Å². The Labute approximate surface area is 117 Å². The molecule has 0 unspecified atom stereocenters. The number of anilines is 2. The van der Waals surface area contributed by atoms with Crippen molar-refractivity contribution in [2.45, 2.75) is 6.92 Å². The number of aromatic amines is 1. The number of benzene rings is 1. The molecule has 0 aliphatic carbocycles. The zero-order valence-corrected chi connectivity index (χ0v) is 11.7. The highest BCUT2D eigenvalue weighted by Crippen LogP contribution is 2.22. The summed E-state index contributed by atoms with van der Waals surface area (Å²) >= 11 is 0. The largest absolute Gasteiger partial charge is 0.377 e. The summed E-state index contributed by atoms with van der Waals surface area (Å²) in [6.45, 7) is 2.01. The van der Waals surface area contributed by atoms with E-state index in [9.17, 15) is 9.59 Å². The molecule has 2 aromatic rings. The molecule has 20 heavy (non-hydrogen) atoms. The van der Waals surface area contributed by atoms with E-state index in [1.807, 2.05) is 44.1 Å². The maximum absolute atomic E-state index is 12.0. The van der Waals surface area contributed by atoms with Crippen molar-refractivity contribution < 1.29 is 4.79 Å². The molecule has 0 spiro atoms. The lowest BCUT2D eigenvalue weighted by molar-refractivity contribution is 0.102. The summed E-state index contributed by atoms with van der Waals surface area (Å²) in [7, 11) is 3.89. The molecule has 0 atom stereocenters. The number of aryl methyl sites for hydroxylation is 1. The van der Waals surface area contributed by atoms with E-state index in [2.05, 4.69) is 10.3 Å². The fourth-order valence-electron chi connectivity index (χ4n) is 1.95. The predicted molar refractivity (Wildman–Crippen MR) is 80.5 cm³/mol. The number of nitrogens with zero attached hydrogens (tertiary/aromatic N) is 1. The molecule has 1 aromatic carbocycles. The molecular formula is C15H17N3O2. The van der Waals surface area contributed by atoms with Crippen LogP contribution in [0.1, 0.15) is 16.1 Å². The van der Waals surface area contributed by atoms with E-state index in [4.69, 9.17) is 0 Å². The topological polar surface area (TPSA) is 65.2 Å². The van der Waals surface area contributed by atoms with Crippen LogP contribution in [0.5, 0.6) is 0 Å². The average molecular weight is 271 g/mol. The SMILES string of the molecule is Cc1ccc(NC(=O)c2cccc(=O)[nH]2)cc1N(C)C. The number of nitrogens with one attached hydrogen (secondary N) is 2. The van der Waals surface area contributed by atoms with Crippen LogP contribution in [0.2, 0.25) is 0 Å². The fourth-order valence-corrected chi connectivity index (χ4v) is 1.95. The van der Waals surface area contributed by atoms with Crippen LogP contribution in [0.25, 0.3) is 0 Å². The van der Waals surface area contributed by atoms with Gasteiger partial charge in [0.25, 0.3) is 5.91 Å². The third kappa shape index (κ3) is 3.06. The predicted octanol–water partition coefficient (Wildman–Crippen LogP) is 2.00. The van der Waals surface area contributed by atoms with Crippen molar-refractivity contribution >= 4 is 17.3 Å². The molecule has 0 bridgehead atoms. The summed E-state index contributed by atoms with van der Waals surface area (Å²) in [4.78, 5) is 27.7. The van der Waals surface area contributed by atoms with Gasteiger partial charge >= 0.3 is 0 Å². The lowest BCUT2D eigenvalue weighted by Gasteiger charge is -2.17. The van der Waals surface area contributed by atoms with E-state index in [-0.39, 0.29) is 17.2 Å². The van der Waals surface area contributed by atoms with E-state index in [1.54, 1.807) is 12.1 Å². The Morgan fingerprint density at radius 2 is 1.95 bits per heavy atom. The summed E-state index contributed by atoms with van der Waals surface area (Å²) in [6, 6.07) is 10.2. The Morgan fingerprint density at radius 1 is 1.20 bits per heavy atom. The van der Waals surface area contributed by atoms with Gasteiger partial charge in [0, 0.05) is 31.5 Å². The second-order valence-corrected chi connectivity index (χ2v) is 4.78. The monoisotopic (exact) mass is 271 g/mol. The highest BCUT2D eigenvalue weighted by Gasteiger charge is 2.08. The van der Waals surface area contributed by atoms with Gasteiger partial charge < -0.3 is 15.2 Å². The van der Waals surface area contributed by atoms with Gasteiger partial charge in [0.2, 0.25) is 5.56 Å². The molecule has 0 saturated carbocycles. The first-order valence-electron chi connectivity index (χ1n) is 6.26. The molecule has 0 saturated heterocycles. The third-order valence-electron chi connectivity index (χ3n) is 2.96. The minimum absolute atomic E-state index is 0.240. The Hall–Kier alpha value is -2.56. The van der Waals surface area contributed by atoms with E-state index >= 15 is 0 Å². The minimum atomic E-state index is -0.337. The van der Waals surface area contributed by atoms with Gasteiger partial charge in [-0.25, -0.2) is 0 Å². The molecule has 5 nitrogen and oxygen atoms in total. The van der Waals surface area contributed by atoms with Crippen LogP contribution < -0.4 is 15.8 Å². The Morgan fingerprint density at radius 3 is 2.60 bits per heavy atom. The van der Waals surface area contributed by atoms with Crippen molar-refractivity contribution in [3.05, 3.63) is 58.0 Å². The van der Waals surface area contributed by atoms with Crippen LogP contribution in [0, 0.1) is 6.92 Å². The lowest BCUT2D eigenvalue weighted by atomic mass is 10.1. The average Bonchev–Trinajstić information content (AvgIpc) is 2.40. The molecule has 0 radical (unpaired) electrons. The van der Waals surface area contributed by atoms with E-state index in [0.717, 1.165) is 11.3 Å². The lowest BCUT2D eigenvalue weighted by Crippen LogP contribution is -2.18. The minimum Gasteiger partial charge on any atom is -0.377 e. The number of hydrogen-bond acceptors (Lipinski definition) is 3. The number of rotatable bonds is 3. The molecule has 1 heterocycles. The first-order chi connectivity index (χ1) is 9.47. The van der Waals surface area contributed by atoms with Gasteiger partial charge in [-0.2, -0.15) is 0 Å². The Balaban J connectivity index is 2.24. The van der Waals surface area contributed by atoms with Gasteiger partial charge in [0.05, 0.1) is 0 Å². The molecule has 2 rings (SSSR count). The quantitative estimate of drug-likeness (QED) is 0.897. The zero-order valence-electron chi connectivity index (χ0n) is 11.7. The van der Waals surface area contributed by atoms with Crippen molar-refractivity contribution in [1.82, 2.24) is 4.98 Å². The fraction of sp³-hybridized carbons (Fsp3) is 0.200. The first-order valence-corrected chi connectivity index (χ1v) is 6.26. The number of aromatic nitrogens is 1. The second-order valence-electron chi connectivity index (χ2n) is 4.78. The molecule has 0 fully saturated rings. The highest BCUT2D eigenvalue weighted by molar-refractivity contribution is 6.03. The van der Waals surface area contributed by atoms with Gasteiger partial charge in [-0.3, -0.25) is 9.59 Å². The van der Waals surface area contributed by atoms with Crippen molar-refractivity contribution in [2.75, 3.05) is 24.3 Å². The summed E-state index contributed by atoms with van der Waals surface area (Å²) in [5.74, 6) is -0.337. The van der Waals surface area contributed by atoms with Crippen molar-refractivity contribution in [3.8, 4) is 0 Å². The molecule has 0 aliphatic rings. The Kier molecular flexibility index (Phi) is 3.89. The van der Waals surface area contributed by atoms with Crippen LogP contribution in [-0.4, -0.2) is 25.0 Å². The molecule has 1 aromatic heterocycles. The van der Waals surface area contributed by atoms with Gasteiger partial charge in [0.1, 0.15) is 5.69 Å². The highest BCUT2D eigenvalue weighted by atomic mass is 16.2. The van der Waals surface area contributed by atoms with E-state index in [0.29, 0.717) is 5.69 Å². The summed E-state index contributed by atoms with van der Waals surface area (Å²) in [6.07, 6.45) is 0. The summed E-state index contributed by atoms with van der Waals surface area (Å²) in [5, 5.41) is 2.77. The summed E-state index contributed by atoms with van der Waals surface area (Å²) in [5.41, 5.74) is 2.79. The van der Waals surface area contributed by atoms with Crippen LogP contribution in [0.3, 0.4) is 0 Å². The van der Waals surface area contributed by atoms with Gasteiger partial charge in [-0.15, -0.1) is 0 Å². The van der Waals surface area contributed by atoms with Crippen molar-refractivity contribution in [3.63, 3.8) is 0 Å². The van der Waals surface area contributed by atoms with Gasteiger partial charge in [0.15, 0.2) is 0 Å². The normalized spacial score (nSPS) is 10.2. The van der Waals surface area contributed by atoms with Crippen LogP contribution in [0.15, 0.2) is 41.2 Å². The van der Waals surface area contributed by atoms with Crippen LogP contribution in [-0.2, 0) is 0 Å². The molecule has 0 aliphatic heterocycles. The number of H-pyrrole nitrogens is 1. The molecule has 104 valence electrons.